The Kier molecular flexibility index (Phi) is 6.22. The molecule has 1 unspecified atom stereocenters. The molecule has 0 radical (unpaired) electrons. The fourth-order valence-electron chi connectivity index (χ4n) is 3.59. The van der Waals surface area contributed by atoms with Crippen molar-refractivity contribution in [1.82, 2.24) is 4.90 Å². The highest BCUT2D eigenvalue weighted by Crippen LogP contribution is 2.36. The summed E-state index contributed by atoms with van der Waals surface area (Å²) in [4.78, 5) is 27.1. The Balaban J connectivity index is 1.69. The summed E-state index contributed by atoms with van der Waals surface area (Å²) < 4.78 is -0.879. The Bertz CT molecular complexity index is 909. The molecule has 0 heterocycles. The quantitative estimate of drug-likeness (QED) is 0.657. The number of rotatable bonds is 6. The fraction of sp³-hybridized carbons (Fsp3) is 0.391. The molecule has 6 heteroatoms. The molecule has 0 saturated heterocycles. The third-order valence-electron chi connectivity index (χ3n) is 5.32. The van der Waals surface area contributed by atoms with Crippen LogP contribution in [-0.4, -0.2) is 39.3 Å². The van der Waals surface area contributed by atoms with E-state index in [1.54, 1.807) is 13.8 Å². The van der Waals surface area contributed by atoms with Gasteiger partial charge in [0.1, 0.15) is 4.75 Å². The molecular weight excluding hydrogens is 384 g/mol. The molecule has 0 spiro atoms. The highest BCUT2D eigenvalue weighted by molar-refractivity contribution is 8.01. The van der Waals surface area contributed by atoms with Gasteiger partial charge >= 0.3 is 12.0 Å². The average Bonchev–Trinajstić information content (AvgIpc) is 3.06. The van der Waals surface area contributed by atoms with E-state index in [2.05, 4.69) is 17.4 Å². The topological polar surface area (TPSA) is 69.6 Å². The highest BCUT2D eigenvalue weighted by Gasteiger charge is 2.31. The second-order valence-electron chi connectivity index (χ2n) is 7.99. The maximum absolute atomic E-state index is 12.8. The summed E-state index contributed by atoms with van der Waals surface area (Å²) in [7, 11) is 0. The number of benzene rings is 2. The van der Waals surface area contributed by atoms with E-state index in [4.69, 9.17) is 0 Å². The molecule has 154 valence electrons. The Morgan fingerprint density at radius 3 is 2.41 bits per heavy atom. The van der Waals surface area contributed by atoms with Gasteiger partial charge < -0.3 is 15.3 Å². The number of likely N-dealkylation sites (N-methyl/N-ethyl adjacent to an activating group) is 1. The number of carbonyl (C=O) groups is 2. The second-order valence-corrected chi connectivity index (χ2v) is 9.69. The number of carboxylic acid groups (broad SMARTS) is 1. The van der Waals surface area contributed by atoms with Crippen LogP contribution in [0.5, 0.6) is 0 Å². The Morgan fingerprint density at radius 1 is 1.14 bits per heavy atom. The smallest absolute Gasteiger partial charge is 0.322 e. The molecule has 3 rings (SSSR count). The minimum Gasteiger partial charge on any atom is -0.480 e. The lowest BCUT2D eigenvalue weighted by Gasteiger charge is -2.28. The molecule has 2 N–H and O–H groups in total. The zero-order chi connectivity index (χ0) is 21.2. The molecule has 1 aliphatic rings. The molecule has 2 aromatic rings. The summed E-state index contributed by atoms with van der Waals surface area (Å²) in [6.45, 7) is 8.07. The number of urea groups is 1. The van der Waals surface area contributed by atoms with Gasteiger partial charge in [-0.3, -0.25) is 4.79 Å². The summed E-state index contributed by atoms with van der Waals surface area (Å²) in [5, 5.41) is 12.4. The van der Waals surface area contributed by atoms with Crippen LogP contribution < -0.4 is 5.32 Å². The van der Waals surface area contributed by atoms with Crippen LogP contribution in [0.4, 0.5) is 10.5 Å². The van der Waals surface area contributed by atoms with Gasteiger partial charge in [-0.15, -0.1) is 11.8 Å². The van der Waals surface area contributed by atoms with Gasteiger partial charge in [-0.1, -0.05) is 23.8 Å². The van der Waals surface area contributed by atoms with E-state index in [1.165, 1.54) is 22.9 Å². The van der Waals surface area contributed by atoms with Crippen molar-refractivity contribution in [3.63, 3.8) is 0 Å². The molecule has 1 aliphatic carbocycles. The van der Waals surface area contributed by atoms with Crippen molar-refractivity contribution in [3.05, 3.63) is 59.2 Å². The van der Waals surface area contributed by atoms with Crippen LogP contribution in [0.15, 0.2) is 47.4 Å². The predicted molar refractivity (Wildman–Crippen MR) is 118 cm³/mol. The number of anilines is 1. The predicted octanol–water partition coefficient (Wildman–Crippen LogP) is 4.97. The van der Waals surface area contributed by atoms with Crippen LogP contribution in [0, 0.1) is 6.92 Å². The molecule has 0 fully saturated rings. The molecular formula is C23H28N2O3S. The normalized spacial score (nSPS) is 15.7. The number of aliphatic carboxylic acids is 1. The van der Waals surface area contributed by atoms with E-state index in [9.17, 15) is 14.7 Å². The molecule has 5 nitrogen and oxygen atoms in total. The lowest BCUT2D eigenvalue weighted by atomic mass is 10.1. The molecule has 0 aromatic heterocycles. The number of amides is 2. The van der Waals surface area contributed by atoms with E-state index in [0.29, 0.717) is 6.54 Å². The Morgan fingerprint density at radius 2 is 1.79 bits per heavy atom. The first kappa shape index (κ1) is 21.2. The molecule has 2 aromatic carbocycles. The van der Waals surface area contributed by atoms with Gasteiger partial charge in [0.15, 0.2) is 0 Å². The van der Waals surface area contributed by atoms with Gasteiger partial charge in [0.25, 0.3) is 0 Å². The minimum atomic E-state index is -0.879. The van der Waals surface area contributed by atoms with Crippen LogP contribution in [-0.2, 0) is 17.6 Å². The summed E-state index contributed by atoms with van der Waals surface area (Å²) >= 11 is 1.35. The summed E-state index contributed by atoms with van der Waals surface area (Å²) in [6, 6.07) is 13.9. The number of carbonyl (C=O) groups excluding carboxylic acids is 1. The molecule has 0 aliphatic heterocycles. The Hall–Kier alpha value is -2.47. The maximum Gasteiger partial charge on any atom is 0.322 e. The number of aryl methyl sites for hydroxylation is 1. The van der Waals surface area contributed by atoms with Gasteiger partial charge in [0, 0.05) is 23.2 Å². The zero-order valence-electron chi connectivity index (χ0n) is 17.4. The van der Waals surface area contributed by atoms with Gasteiger partial charge in [0.05, 0.1) is 0 Å². The first-order valence-corrected chi connectivity index (χ1v) is 10.7. The van der Waals surface area contributed by atoms with Crippen LogP contribution in [0.1, 0.15) is 37.5 Å². The standard InChI is InChI=1S/C23H28N2O3S/c1-5-25(22(28)24-18-9-6-15(2)7-10-18)19-12-16-8-11-20(14-17(16)13-19)29-23(3,4)21(26)27/h6-11,14,19H,5,12-13H2,1-4H3,(H,24,28)(H,26,27). The highest BCUT2D eigenvalue weighted by atomic mass is 32.2. The van der Waals surface area contributed by atoms with Crippen molar-refractivity contribution in [2.45, 2.75) is 56.2 Å². The average molecular weight is 413 g/mol. The lowest BCUT2D eigenvalue weighted by molar-refractivity contribution is -0.138. The molecule has 0 bridgehead atoms. The van der Waals surface area contributed by atoms with Crippen molar-refractivity contribution in [1.29, 1.82) is 0 Å². The van der Waals surface area contributed by atoms with Crippen molar-refractivity contribution in [2.24, 2.45) is 0 Å². The summed E-state index contributed by atoms with van der Waals surface area (Å²) in [6.07, 6.45) is 1.60. The van der Waals surface area contributed by atoms with Crippen LogP contribution in [0.25, 0.3) is 0 Å². The third-order valence-corrected chi connectivity index (χ3v) is 6.50. The number of nitrogens with zero attached hydrogens (tertiary/aromatic N) is 1. The van der Waals surface area contributed by atoms with E-state index >= 15 is 0 Å². The minimum absolute atomic E-state index is 0.0873. The van der Waals surface area contributed by atoms with Crippen LogP contribution in [0.2, 0.25) is 0 Å². The van der Waals surface area contributed by atoms with E-state index in [-0.39, 0.29) is 12.1 Å². The molecule has 1 atom stereocenters. The van der Waals surface area contributed by atoms with Crippen molar-refractivity contribution >= 4 is 29.4 Å². The van der Waals surface area contributed by atoms with Gasteiger partial charge in [-0.2, -0.15) is 0 Å². The molecule has 29 heavy (non-hydrogen) atoms. The number of hydrogen-bond acceptors (Lipinski definition) is 3. The van der Waals surface area contributed by atoms with Gasteiger partial charge in [-0.05, 0) is 75.9 Å². The van der Waals surface area contributed by atoms with Crippen LogP contribution >= 0.6 is 11.8 Å². The lowest BCUT2D eigenvalue weighted by Crippen LogP contribution is -2.43. The zero-order valence-corrected chi connectivity index (χ0v) is 18.2. The number of fused-ring (bicyclic) bond motifs is 1. The van der Waals surface area contributed by atoms with Gasteiger partial charge in [0.2, 0.25) is 0 Å². The molecule has 2 amide bonds. The van der Waals surface area contributed by atoms with E-state index in [0.717, 1.165) is 29.0 Å². The van der Waals surface area contributed by atoms with Crippen LogP contribution in [0.3, 0.4) is 0 Å². The van der Waals surface area contributed by atoms with Crippen molar-refractivity contribution in [3.8, 4) is 0 Å². The number of carboxylic acids is 1. The van der Waals surface area contributed by atoms with E-state index < -0.39 is 10.7 Å². The molecule has 0 saturated carbocycles. The number of nitrogens with one attached hydrogen (secondary N) is 1. The first-order valence-electron chi connectivity index (χ1n) is 9.88. The maximum atomic E-state index is 12.8. The fourth-order valence-corrected chi connectivity index (χ4v) is 4.61. The number of thioether (sulfide) groups is 1. The largest absolute Gasteiger partial charge is 0.480 e. The third kappa shape index (κ3) is 4.93. The SMILES string of the molecule is CCN(C(=O)Nc1ccc(C)cc1)C1Cc2ccc(SC(C)(C)C(=O)O)cc2C1. The second kappa shape index (κ2) is 8.49. The number of hydrogen-bond donors (Lipinski definition) is 2. The summed E-state index contributed by atoms with van der Waals surface area (Å²) in [5.41, 5.74) is 4.38. The summed E-state index contributed by atoms with van der Waals surface area (Å²) in [5.74, 6) is -0.828. The van der Waals surface area contributed by atoms with Crippen molar-refractivity contribution in [2.75, 3.05) is 11.9 Å². The van der Waals surface area contributed by atoms with Gasteiger partial charge in [-0.25, -0.2) is 4.79 Å². The van der Waals surface area contributed by atoms with E-state index in [1.807, 2.05) is 49.1 Å². The monoisotopic (exact) mass is 412 g/mol. The van der Waals surface area contributed by atoms with Crippen molar-refractivity contribution < 1.29 is 14.7 Å². The Labute approximate surface area is 176 Å². The first-order chi connectivity index (χ1) is 13.7.